The van der Waals surface area contributed by atoms with Crippen LogP contribution in [0.5, 0.6) is 0 Å². The minimum absolute atomic E-state index is 0. The highest BCUT2D eigenvalue weighted by Crippen LogP contribution is 1.76. The third-order valence-electron chi connectivity index (χ3n) is 0.500. The van der Waals surface area contributed by atoms with Crippen molar-refractivity contribution < 1.29 is 5.48 Å². The lowest BCUT2D eigenvalue weighted by atomic mass is 10.4. The van der Waals surface area contributed by atoms with Gasteiger partial charge in [0.15, 0.2) is 0 Å². The van der Waals surface area contributed by atoms with Gasteiger partial charge in [-0.2, -0.15) is 0 Å². The van der Waals surface area contributed by atoms with Crippen LogP contribution >= 0.6 is 0 Å². The second-order valence-electron chi connectivity index (χ2n) is 1.000. The molecule has 0 spiro atoms. The van der Waals surface area contributed by atoms with Crippen LogP contribution in [0.2, 0.25) is 0 Å². The Balaban J connectivity index is 0. The van der Waals surface area contributed by atoms with Crippen LogP contribution < -0.4 is 0 Å². The van der Waals surface area contributed by atoms with Crippen LogP contribution in [0.15, 0.2) is 0 Å². The smallest absolute Gasteiger partial charge is 0.0564 e. The quantitative estimate of drug-likeness (QED) is 0.446. The normalized spacial score (nSPS) is 6.00. The summed E-state index contributed by atoms with van der Waals surface area (Å²) < 4.78 is 0. The van der Waals surface area contributed by atoms with E-state index in [2.05, 4.69) is 13.8 Å². The molecule has 0 bridgehead atoms. The van der Waals surface area contributed by atoms with E-state index in [0.29, 0.717) is 0 Å². The van der Waals surface area contributed by atoms with Gasteiger partial charge in [-0.3, -0.25) is 0 Å². The van der Waals surface area contributed by atoms with Gasteiger partial charge in [-0.05, 0) is 0 Å². The average Bonchev–Trinajstić information content (AvgIpc) is 1.37. The zero-order valence-electron chi connectivity index (χ0n) is 3.91. The van der Waals surface area contributed by atoms with Crippen LogP contribution in [-0.4, -0.2) is 5.48 Å². The third-order valence-corrected chi connectivity index (χ3v) is 0.500. The summed E-state index contributed by atoms with van der Waals surface area (Å²) in [5.74, 6) is 0. The first kappa shape index (κ1) is 8.88. The summed E-state index contributed by atoms with van der Waals surface area (Å²) in [6.07, 6.45) is 2.64. The highest BCUT2D eigenvalue weighted by atomic mass is 16.0. The molecule has 34 valence electrons. The molecular weight excluding hydrogens is 64.0 g/mol. The van der Waals surface area contributed by atoms with Crippen LogP contribution in [0.25, 0.3) is 0 Å². The minimum Gasteiger partial charge on any atom is -0.412 e. The summed E-state index contributed by atoms with van der Waals surface area (Å²) in [6.45, 7) is 4.36. The number of hydrogen-bond acceptors (Lipinski definition) is 0. The molecule has 2 N–H and O–H groups in total. The van der Waals surface area contributed by atoms with Gasteiger partial charge in [-0.25, -0.2) is 0 Å². The maximum absolute atomic E-state index is 2.18. The molecule has 0 fully saturated rings. The molecule has 1 nitrogen and oxygen atoms in total. The Morgan fingerprint density at radius 3 is 1.20 bits per heavy atom. The van der Waals surface area contributed by atoms with Crippen molar-refractivity contribution in [3.63, 3.8) is 0 Å². The Morgan fingerprint density at radius 1 is 1.00 bits per heavy atom. The van der Waals surface area contributed by atoms with E-state index in [4.69, 9.17) is 0 Å². The van der Waals surface area contributed by atoms with Gasteiger partial charge in [0.05, 0.1) is 0 Å². The maximum Gasteiger partial charge on any atom is -0.0564 e. The lowest BCUT2D eigenvalue weighted by Crippen LogP contribution is -1.47. The van der Waals surface area contributed by atoms with E-state index in [1.165, 1.54) is 12.8 Å². The molecule has 0 aromatic carbocycles. The van der Waals surface area contributed by atoms with Crippen molar-refractivity contribution in [1.82, 2.24) is 0 Å². The van der Waals surface area contributed by atoms with Crippen LogP contribution in [0.1, 0.15) is 26.7 Å². The average molecular weight is 76.1 g/mol. The zero-order valence-corrected chi connectivity index (χ0v) is 3.91. The zero-order chi connectivity index (χ0) is 3.41. The highest BCUT2D eigenvalue weighted by molar-refractivity contribution is 4.12. The second kappa shape index (κ2) is 9.03. The van der Waals surface area contributed by atoms with E-state index in [1.54, 1.807) is 0 Å². The van der Waals surface area contributed by atoms with Gasteiger partial charge in [0.2, 0.25) is 0 Å². The number of rotatable bonds is 1. The molecule has 0 aromatic rings. The Morgan fingerprint density at radius 2 is 1.20 bits per heavy atom. The molecule has 0 aliphatic rings. The van der Waals surface area contributed by atoms with Crippen molar-refractivity contribution in [3.8, 4) is 0 Å². The van der Waals surface area contributed by atoms with Gasteiger partial charge >= 0.3 is 0 Å². The van der Waals surface area contributed by atoms with Gasteiger partial charge in [0, 0.05) is 0 Å². The molecule has 0 aliphatic carbocycles. The van der Waals surface area contributed by atoms with Crippen LogP contribution in [-0.2, 0) is 0 Å². The van der Waals surface area contributed by atoms with E-state index >= 15 is 0 Å². The predicted octanol–water partition coefficient (Wildman–Crippen LogP) is 0.982. The summed E-state index contributed by atoms with van der Waals surface area (Å²) in [4.78, 5) is 0. The SMILES string of the molecule is CCCC.O. The van der Waals surface area contributed by atoms with Gasteiger partial charge in [-0.1, -0.05) is 26.7 Å². The Labute approximate surface area is 33.3 Å². The van der Waals surface area contributed by atoms with Crippen molar-refractivity contribution in [1.29, 1.82) is 0 Å². The third kappa shape index (κ3) is 16.5. The lowest BCUT2D eigenvalue weighted by molar-refractivity contribution is 0.824. The monoisotopic (exact) mass is 76.1 g/mol. The van der Waals surface area contributed by atoms with Crippen molar-refractivity contribution in [2.24, 2.45) is 0 Å². The molecule has 5 heavy (non-hydrogen) atoms. The minimum atomic E-state index is 0. The van der Waals surface area contributed by atoms with E-state index in [1.807, 2.05) is 0 Å². The first-order valence-corrected chi connectivity index (χ1v) is 1.91. The fourth-order valence-corrected chi connectivity index (χ4v) is 0. The van der Waals surface area contributed by atoms with Crippen LogP contribution in [0, 0.1) is 0 Å². The molecule has 0 heterocycles. The fourth-order valence-electron chi connectivity index (χ4n) is 0. The molecular formula is C4H12O. The Hall–Kier alpha value is -0.0400. The molecule has 1 heteroatoms. The molecule has 0 rings (SSSR count). The highest BCUT2D eigenvalue weighted by Gasteiger charge is 1.56. The van der Waals surface area contributed by atoms with Crippen molar-refractivity contribution >= 4 is 0 Å². The van der Waals surface area contributed by atoms with E-state index in [0.717, 1.165) is 0 Å². The van der Waals surface area contributed by atoms with Gasteiger partial charge < -0.3 is 5.48 Å². The molecule has 0 aliphatic heterocycles. The van der Waals surface area contributed by atoms with Crippen molar-refractivity contribution in [2.45, 2.75) is 26.7 Å². The van der Waals surface area contributed by atoms with E-state index in [9.17, 15) is 0 Å². The number of unbranched alkanes of at least 4 members (excludes halogenated alkanes) is 1. The summed E-state index contributed by atoms with van der Waals surface area (Å²) in [5, 5.41) is 0. The summed E-state index contributed by atoms with van der Waals surface area (Å²) in [6, 6.07) is 0. The predicted molar refractivity (Wildman–Crippen MR) is 24.2 cm³/mol. The Bertz CT molecular complexity index is 5.61. The first-order chi connectivity index (χ1) is 1.91. The molecule has 0 saturated heterocycles. The molecule has 0 unspecified atom stereocenters. The number of hydrogen-bond donors (Lipinski definition) is 0. The molecule has 0 aromatic heterocycles. The molecule has 0 amide bonds. The van der Waals surface area contributed by atoms with Crippen LogP contribution in [0.3, 0.4) is 0 Å². The molecule has 0 saturated carbocycles. The van der Waals surface area contributed by atoms with Crippen LogP contribution in [0.4, 0.5) is 0 Å². The van der Waals surface area contributed by atoms with E-state index < -0.39 is 0 Å². The second-order valence-corrected chi connectivity index (χ2v) is 1.000. The summed E-state index contributed by atoms with van der Waals surface area (Å²) >= 11 is 0. The fraction of sp³-hybridized carbons (Fsp3) is 1.00. The largest absolute Gasteiger partial charge is 0.412 e. The van der Waals surface area contributed by atoms with Gasteiger partial charge in [0.25, 0.3) is 0 Å². The summed E-state index contributed by atoms with van der Waals surface area (Å²) in [5.41, 5.74) is 0. The Kier molecular flexibility index (Phi) is 16.0. The van der Waals surface area contributed by atoms with Gasteiger partial charge in [0.1, 0.15) is 0 Å². The molecule has 0 radical (unpaired) electrons. The van der Waals surface area contributed by atoms with Crippen molar-refractivity contribution in [3.05, 3.63) is 0 Å². The maximum atomic E-state index is 2.18. The molecule has 0 atom stereocenters. The standard InChI is InChI=1S/C4H10.H2O/c1-3-4-2;/h3-4H2,1-2H3;1H2. The lowest BCUT2D eigenvalue weighted by Gasteiger charge is -1.68. The van der Waals surface area contributed by atoms with Gasteiger partial charge in [-0.15, -0.1) is 0 Å². The van der Waals surface area contributed by atoms with E-state index in [-0.39, 0.29) is 5.48 Å². The first-order valence-electron chi connectivity index (χ1n) is 1.91. The topological polar surface area (TPSA) is 31.5 Å². The van der Waals surface area contributed by atoms with Crippen molar-refractivity contribution in [2.75, 3.05) is 0 Å². The summed E-state index contributed by atoms with van der Waals surface area (Å²) in [7, 11) is 0.